The van der Waals surface area contributed by atoms with E-state index in [1.807, 2.05) is 24.3 Å². The normalized spacial score (nSPS) is 18.8. The van der Waals surface area contributed by atoms with Crippen molar-refractivity contribution in [1.82, 2.24) is 10.4 Å². The van der Waals surface area contributed by atoms with Gasteiger partial charge in [0.2, 0.25) is 11.8 Å². The Bertz CT molecular complexity index is 631. The zero-order chi connectivity index (χ0) is 14.9. The smallest absolute Gasteiger partial charge is 0.245 e. The fourth-order valence-electron chi connectivity index (χ4n) is 1.71. The number of hydrazine groups is 1. The molecule has 0 aliphatic carbocycles. The van der Waals surface area contributed by atoms with Crippen LogP contribution in [0.3, 0.4) is 0 Å². The molecule has 1 atom stereocenters. The first kappa shape index (κ1) is 14.3. The number of carbonyl (C=O) groups is 2. The molecule has 8 heteroatoms. The first-order valence-electron chi connectivity index (χ1n) is 5.83. The minimum Gasteiger partial charge on any atom is -0.457 e. The summed E-state index contributed by atoms with van der Waals surface area (Å²) in [7, 11) is -3.30. The van der Waals surface area contributed by atoms with Gasteiger partial charge in [-0.25, -0.2) is 13.4 Å². The maximum Gasteiger partial charge on any atom is 0.245 e. The van der Waals surface area contributed by atoms with Crippen molar-refractivity contribution in [2.24, 2.45) is 0 Å². The largest absolute Gasteiger partial charge is 0.457 e. The number of fused-ring (bicyclic) bond motifs is 2. The Kier molecular flexibility index (Phi) is 3.67. The van der Waals surface area contributed by atoms with Crippen LogP contribution in [0.15, 0.2) is 24.3 Å². The summed E-state index contributed by atoms with van der Waals surface area (Å²) in [4.78, 5) is 21.4. The van der Waals surface area contributed by atoms with Crippen molar-refractivity contribution in [1.29, 1.82) is 0 Å². The van der Waals surface area contributed by atoms with Crippen molar-refractivity contribution in [2.45, 2.75) is 18.7 Å². The quantitative estimate of drug-likeness (QED) is 0.812. The molecule has 3 heterocycles. The molecule has 1 aromatic carbocycles. The van der Waals surface area contributed by atoms with Gasteiger partial charge >= 0.3 is 0 Å². The zero-order valence-corrected chi connectivity index (χ0v) is 11.8. The molecule has 3 aliphatic heterocycles. The first-order valence-corrected chi connectivity index (χ1v) is 7.79. The summed E-state index contributed by atoms with van der Waals surface area (Å²) >= 11 is 0. The van der Waals surface area contributed by atoms with E-state index in [9.17, 15) is 18.0 Å². The van der Waals surface area contributed by atoms with E-state index >= 15 is 0 Å². The second-order valence-corrected chi connectivity index (χ2v) is 6.70. The SMILES string of the molecule is CC(=O)NN1C(=O)C[C@H]1S(C)(=O)=O.c1cc2cc(c1)O2. The summed E-state index contributed by atoms with van der Waals surface area (Å²) in [6.07, 6.45) is 0.970. The fourth-order valence-corrected chi connectivity index (χ4v) is 2.71. The van der Waals surface area contributed by atoms with Crippen LogP contribution >= 0.6 is 0 Å². The average Bonchev–Trinajstić information content (AvgIpc) is 2.33. The van der Waals surface area contributed by atoms with Crippen LogP contribution in [0, 0.1) is 0 Å². The lowest BCUT2D eigenvalue weighted by Gasteiger charge is -2.37. The Morgan fingerprint density at radius 2 is 1.95 bits per heavy atom. The third kappa shape index (κ3) is 3.08. The summed E-state index contributed by atoms with van der Waals surface area (Å²) < 4.78 is 27.0. The molecule has 108 valence electrons. The third-order valence-corrected chi connectivity index (χ3v) is 4.09. The molecule has 0 radical (unpaired) electrons. The minimum absolute atomic E-state index is 0.0564. The van der Waals surface area contributed by atoms with Crippen LogP contribution in [-0.4, -0.2) is 36.9 Å². The van der Waals surface area contributed by atoms with Crippen molar-refractivity contribution in [3.8, 4) is 11.5 Å². The summed E-state index contributed by atoms with van der Waals surface area (Å²) in [6.45, 7) is 1.21. The minimum atomic E-state index is -3.30. The molecule has 0 saturated carbocycles. The number of amides is 2. The van der Waals surface area contributed by atoms with Crippen LogP contribution in [0.5, 0.6) is 11.5 Å². The third-order valence-electron chi connectivity index (χ3n) is 2.72. The Hall–Kier alpha value is -2.09. The van der Waals surface area contributed by atoms with Crippen LogP contribution in [0.25, 0.3) is 0 Å². The van der Waals surface area contributed by atoms with Gasteiger partial charge in [0.05, 0.1) is 6.42 Å². The van der Waals surface area contributed by atoms with Gasteiger partial charge in [0.1, 0.15) is 11.5 Å². The first-order chi connectivity index (χ1) is 9.27. The molecule has 4 rings (SSSR count). The Balaban J connectivity index is 0.000000173. The van der Waals surface area contributed by atoms with Crippen molar-refractivity contribution in [3.05, 3.63) is 24.3 Å². The van der Waals surface area contributed by atoms with Crippen LogP contribution < -0.4 is 10.2 Å². The van der Waals surface area contributed by atoms with Gasteiger partial charge in [0.15, 0.2) is 15.2 Å². The molecule has 3 aliphatic rings. The zero-order valence-electron chi connectivity index (χ0n) is 11.0. The lowest BCUT2D eigenvalue weighted by atomic mass is 10.2. The molecule has 20 heavy (non-hydrogen) atoms. The van der Waals surface area contributed by atoms with E-state index in [4.69, 9.17) is 4.74 Å². The number of nitrogens with zero attached hydrogens (tertiary/aromatic N) is 1. The molecule has 2 amide bonds. The maximum atomic E-state index is 11.0. The van der Waals surface area contributed by atoms with Crippen molar-refractivity contribution in [3.63, 3.8) is 0 Å². The Morgan fingerprint density at radius 3 is 2.20 bits per heavy atom. The molecule has 1 N–H and O–H groups in total. The Morgan fingerprint density at radius 1 is 1.40 bits per heavy atom. The van der Waals surface area contributed by atoms with Crippen molar-refractivity contribution >= 4 is 21.7 Å². The van der Waals surface area contributed by atoms with E-state index in [1.54, 1.807) is 0 Å². The molecule has 7 nitrogen and oxygen atoms in total. The highest BCUT2D eigenvalue weighted by Crippen LogP contribution is 2.32. The van der Waals surface area contributed by atoms with E-state index in [1.165, 1.54) is 6.92 Å². The molecular weight excluding hydrogens is 284 g/mol. The standard InChI is InChI=1S/C6H10N2O4S.C6H4O/c1-4(9)7-8-5(10)3-6(8)13(2,11)12;1-2-5-4-6(3-1)7-5/h6H,3H2,1-2H3,(H,7,9);1-4H/t6-;/m1./s1. The van der Waals surface area contributed by atoms with E-state index in [-0.39, 0.29) is 12.3 Å². The van der Waals surface area contributed by atoms with Crippen LogP contribution in [0.4, 0.5) is 0 Å². The van der Waals surface area contributed by atoms with Gasteiger partial charge in [-0.1, -0.05) is 6.07 Å². The second kappa shape index (κ2) is 5.12. The van der Waals surface area contributed by atoms with Crippen LogP contribution in [0.2, 0.25) is 0 Å². The second-order valence-electron chi connectivity index (χ2n) is 4.50. The van der Waals surface area contributed by atoms with Gasteiger partial charge in [0.25, 0.3) is 0 Å². The number of hydrogen-bond donors (Lipinski definition) is 1. The van der Waals surface area contributed by atoms with Gasteiger partial charge in [-0.3, -0.25) is 15.0 Å². The van der Waals surface area contributed by atoms with Gasteiger partial charge < -0.3 is 4.74 Å². The molecule has 0 unspecified atom stereocenters. The number of carbonyl (C=O) groups excluding carboxylic acids is 2. The molecule has 1 aromatic rings. The van der Waals surface area contributed by atoms with Crippen LogP contribution in [0.1, 0.15) is 13.3 Å². The highest BCUT2D eigenvalue weighted by atomic mass is 32.2. The number of benzene rings is 1. The summed E-state index contributed by atoms with van der Waals surface area (Å²) in [5, 5.41) is -0.0543. The van der Waals surface area contributed by atoms with Gasteiger partial charge in [-0.2, -0.15) is 0 Å². The topological polar surface area (TPSA) is 92.8 Å². The van der Waals surface area contributed by atoms with Crippen molar-refractivity contribution < 1.29 is 22.7 Å². The summed E-state index contributed by atoms with van der Waals surface area (Å²) in [5.74, 6) is 1.13. The number of β-lactam (4-membered cyclic amide) rings is 1. The van der Waals surface area contributed by atoms with Gasteiger partial charge in [0, 0.05) is 19.2 Å². The number of sulfone groups is 1. The maximum absolute atomic E-state index is 11.0. The molecule has 0 spiro atoms. The van der Waals surface area contributed by atoms with E-state index in [0.717, 1.165) is 22.8 Å². The highest BCUT2D eigenvalue weighted by Gasteiger charge is 2.43. The molecule has 2 bridgehead atoms. The van der Waals surface area contributed by atoms with Crippen LogP contribution in [-0.2, 0) is 19.4 Å². The lowest BCUT2D eigenvalue weighted by Crippen LogP contribution is -2.63. The monoisotopic (exact) mass is 298 g/mol. The molecule has 0 aromatic heterocycles. The predicted octanol–water partition coefficient (Wildman–Crippen LogP) is 0.433. The highest BCUT2D eigenvalue weighted by molar-refractivity contribution is 7.91. The Labute approximate surface area is 116 Å². The summed E-state index contributed by atoms with van der Waals surface area (Å²) in [6, 6.07) is 7.86. The number of ether oxygens (including phenoxy) is 1. The fraction of sp³-hybridized carbons (Fsp3) is 0.333. The lowest BCUT2D eigenvalue weighted by molar-refractivity contribution is -0.151. The number of rotatable bonds is 2. The summed E-state index contributed by atoms with van der Waals surface area (Å²) in [5.41, 5.74) is 2.15. The number of nitrogens with one attached hydrogen (secondary N) is 1. The molecular formula is C12H14N2O5S. The average molecular weight is 298 g/mol. The predicted molar refractivity (Wildman–Crippen MR) is 70.4 cm³/mol. The molecule has 1 fully saturated rings. The van der Waals surface area contributed by atoms with Gasteiger partial charge in [-0.05, 0) is 12.1 Å². The van der Waals surface area contributed by atoms with E-state index < -0.39 is 21.1 Å². The van der Waals surface area contributed by atoms with Gasteiger partial charge in [-0.15, -0.1) is 0 Å². The number of hydrogen-bond acceptors (Lipinski definition) is 5. The van der Waals surface area contributed by atoms with Crippen molar-refractivity contribution in [2.75, 3.05) is 6.26 Å². The van der Waals surface area contributed by atoms with E-state index in [2.05, 4.69) is 5.43 Å². The van der Waals surface area contributed by atoms with E-state index in [0.29, 0.717) is 0 Å². The molecule has 1 saturated heterocycles.